The fraction of sp³-hybridized carbons (Fsp3) is 0.579. The molecule has 2 fully saturated rings. The first-order chi connectivity index (χ1) is 12.2. The summed E-state index contributed by atoms with van der Waals surface area (Å²) in [4.78, 5) is 28.6. The molecule has 6 heteroatoms. The lowest BCUT2D eigenvalue weighted by Gasteiger charge is -2.27. The monoisotopic (exact) mass is 343 g/mol. The minimum absolute atomic E-state index is 0.0411. The lowest BCUT2D eigenvalue weighted by atomic mass is 9.98. The highest BCUT2D eigenvalue weighted by molar-refractivity contribution is 5.99. The van der Waals surface area contributed by atoms with Crippen LogP contribution in [0, 0.1) is 0 Å². The van der Waals surface area contributed by atoms with E-state index >= 15 is 0 Å². The maximum Gasteiger partial charge on any atom is 0.257 e. The van der Waals surface area contributed by atoms with Gasteiger partial charge < -0.3 is 19.9 Å². The highest BCUT2D eigenvalue weighted by Crippen LogP contribution is 2.38. The van der Waals surface area contributed by atoms with Crippen molar-refractivity contribution in [2.45, 2.75) is 31.3 Å². The van der Waals surface area contributed by atoms with Crippen LogP contribution in [0.2, 0.25) is 0 Å². The number of benzene rings is 1. The Bertz CT molecular complexity index is 657. The normalized spacial score (nSPS) is 26.2. The smallest absolute Gasteiger partial charge is 0.257 e. The third kappa shape index (κ3) is 3.28. The standard InChI is InChI=1S/C19H25N3O3/c23-18-6-3-9-21(18)10-7-14-13-22(16-5-2-1-4-15(14)16)19(24)17-12-20-8-11-25-17/h1-2,4-5,14,17,20H,3,6-13H2/t14-,17-/m0/s1. The quantitative estimate of drug-likeness (QED) is 0.890. The molecule has 3 aliphatic rings. The first-order valence-electron chi connectivity index (χ1n) is 9.24. The van der Waals surface area contributed by atoms with Gasteiger partial charge in [-0.1, -0.05) is 18.2 Å². The molecule has 0 bridgehead atoms. The van der Waals surface area contributed by atoms with Crippen molar-refractivity contribution < 1.29 is 14.3 Å². The predicted octanol–water partition coefficient (Wildman–Crippen LogP) is 1.12. The van der Waals surface area contributed by atoms with Crippen LogP contribution in [0.1, 0.15) is 30.7 Å². The van der Waals surface area contributed by atoms with Crippen LogP contribution in [-0.2, 0) is 14.3 Å². The third-order valence-electron chi connectivity index (χ3n) is 5.46. The molecule has 134 valence electrons. The van der Waals surface area contributed by atoms with Crippen LogP contribution in [-0.4, -0.2) is 62.1 Å². The molecule has 3 heterocycles. The molecule has 0 radical (unpaired) electrons. The number of ether oxygens (including phenoxy) is 1. The molecule has 4 rings (SSSR count). The van der Waals surface area contributed by atoms with Gasteiger partial charge in [0.1, 0.15) is 6.10 Å². The van der Waals surface area contributed by atoms with E-state index in [-0.39, 0.29) is 17.7 Å². The van der Waals surface area contributed by atoms with E-state index in [0.29, 0.717) is 26.1 Å². The Balaban J connectivity index is 1.47. The van der Waals surface area contributed by atoms with Crippen LogP contribution in [0.15, 0.2) is 24.3 Å². The molecule has 25 heavy (non-hydrogen) atoms. The summed E-state index contributed by atoms with van der Waals surface area (Å²) >= 11 is 0. The van der Waals surface area contributed by atoms with Crippen molar-refractivity contribution in [3.63, 3.8) is 0 Å². The van der Waals surface area contributed by atoms with E-state index in [1.165, 1.54) is 5.56 Å². The van der Waals surface area contributed by atoms with Crippen molar-refractivity contribution >= 4 is 17.5 Å². The molecule has 1 aromatic rings. The molecule has 0 unspecified atom stereocenters. The molecule has 2 saturated heterocycles. The van der Waals surface area contributed by atoms with Gasteiger partial charge in [-0.25, -0.2) is 0 Å². The molecule has 0 spiro atoms. The molecule has 0 aliphatic carbocycles. The summed E-state index contributed by atoms with van der Waals surface area (Å²) in [7, 11) is 0. The molecular formula is C19H25N3O3. The van der Waals surface area contributed by atoms with Crippen LogP contribution in [0.4, 0.5) is 5.69 Å². The van der Waals surface area contributed by atoms with Gasteiger partial charge in [0.25, 0.3) is 5.91 Å². The number of rotatable bonds is 4. The SMILES string of the molecule is O=C1CCCN1CC[C@H]1CN(C(=O)[C@@H]2CNCCO2)c2ccccc21. The number of likely N-dealkylation sites (tertiary alicyclic amines) is 1. The average molecular weight is 343 g/mol. The average Bonchev–Trinajstić information content (AvgIpc) is 3.23. The van der Waals surface area contributed by atoms with Crippen molar-refractivity contribution in [2.75, 3.05) is 44.2 Å². The summed E-state index contributed by atoms with van der Waals surface area (Å²) in [5.74, 6) is 0.588. The minimum Gasteiger partial charge on any atom is -0.366 e. The number of morpholine rings is 1. The highest BCUT2D eigenvalue weighted by Gasteiger charge is 2.36. The number of fused-ring (bicyclic) bond motifs is 1. The van der Waals surface area contributed by atoms with Gasteiger partial charge in [0.15, 0.2) is 0 Å². The Morgan fingerprint density at radius 2 is 2.20 bits per heavy atom. The van der Waals surface area contributed by atoms with Crippen LogP contribution in [0.3, 0.4) is 0 Å². The van der Waals surface area contributed by atoms with Gasteiger partial charge >= 0.3 is 0 Å². The van der Waals surface area contributed by atoms with Crippen molar-refractivity contribution in [3.05, 3.63) is 29.8 Å². The second-order valence-electron chi connectivity index (χ2n) is 7.04. The number of hydrogen-bond donors (Lipinski definition) is 1. The lowest BCUT2D eigenvalue weighted by Crippen LogP contribution is -2.49. The van der Waals surface area contributed by atoms with Crippen molar-refractivity contribution in [2.24, 2.45) is 0 Å². The van der Waals surface area contributed by atoms with Crippen molar-refractivity contribution in [1.82, 2.24) is 10.2 Å². The second-order valence-corrected chi connectivity index (χ2v) is 7.04. The predicted molar refractivity (Wildman–Crippen MR) is 94.6 cm³/mol. The minimum atomic E-state index is -0.402. The van der Waals surface area contributed by atoms with Crippen LogP contribution < -0.4 is 10.2 Å². The lowest BCUT2D eigenvalue weighted by molar-refractivity contribution is -0.131. The maximum atomic E-state index is 12.9. The third-order valence-corrected chi connectivity index (χ3v) is 5.46. The van der Waals surface area contributed by atoms with E-state index in [9.17, 15) is 9.59 Å². The fourth-order valence-electron chi connectivity index (χ4n) is 4.10. The van der Waals surface area contributed by atoms with E-state index in [1.54, 1.807) is 0 Å². The zero-order valence-electron chi connectivity index (χ0n) is 14.4. The molecule has 0 aromatic heterocycles. The number of anilines is 1. The van der Waals surface area contributed by atoms with Crippen molar-refractivity contribution in [1.29, 1.82) is 0 Å². The van der Waals surface area contributed by atoms with Gasteiger partial charge in [-0.2, -0.15) is 0 Å². The molecule has 0 saturated carbocycles. The second kappa shape index (κ2) is 7.14. The molecular weight excluding hydrogens is 318 g/mol. The zero-order valence-corrected chi connectivity index (χ0v) is 14.4. The molecule has 6 nitrogen and oxygen atoms in total. The Morgan fingerprint density at radius 3 is 2.96 bits per heavy atom. The molecule has 1 aromatic carbocycles. The summed E-state index contributed by atoms with van der Waals surface area (Å²) in [5, 5.41) is 3.22. The molecule has 3 aliphatic heterocycles. The van der Waals surface area contributed by atoms with Gasteiger partial charge in [-0.3, -0.25) is 9.59 Å². The number of para-hydroxylation sites is 1. The van der Waals surface area contributed by atoms with E-state index in [0.717, 1.165) is 38.2 Å². The van der Waals surface area contributed by atoms with Gasteiger partial charge in [-0.15, -0.1) is 0 Å². The summed E-state index contributed by atoms with van der Waals surface area (Å²) in [6.45, 7) is 4.28. The largest absolute Gasteiger partial charge is 0.366 e. The Kier molecular flexibility index (Phi) is 4.72. The fourth-order valence-corrected chi connectivity index (χ4v) is 4.10. The zero-order chi connectivity index (χ0) is 17.2. The maximum absolute atomic E-state index is 12.9. The van der Waals surface area contributed by atoms with Crippen LogP contribution >= 0.6 is 0 Å². The van der Waals surface area contributed by atoms with Gasteiger partial charge in [0, 0.05) is 50.7 Å². The van der Waals surface area contributed by atoms with E-state index < -0.39 is 6.10 Å². The van der Waals surface area contributed by atoms with Gasteiger partial charge in [0.05, 0.1) is 6.61 Å². The molecule has 1 N–H and O–H groups in total. The number of nitrogens with one attached hydrogen (secondary N) is 1. The Hall–Kier alpha value is -1.92. The number of carbonyl (C=O) groups excluding carboxylic acids is 2. The Labute approximate surface area is 148 Å². The number of amides is 2. The summed E-state index contributed by atoms with van der Waals surface area (Å²) in [6.07, 6.45) is 2.14. The summed E-state index contributed by atoms with van der Waals surface area (Å²) in [6, 6.07) is 8.13. The van der Waals surface area contributed by atoms with Crippen LogP contribution in [0.25, 0.3) is 0 Å². The molecule has 2 amide bonds. The summed E-state index contributed by atoms with van der Waals surface area (Å²) < 4.78 is 5.65. The highest BCUT2D eigenvalue weighted by atomic mass is 16.5. The number of carbonyl (C=O) groups is 2. The number of hydrogen-bond acceptors (Lipinski definition) is 4. The number of nitrogens with zero attached hydrogens (tertiary/aromatic N) is 2. The Morgan fingerprint density at radius 1 is 1.32 bits per heavy atom. The summed E-state index contributed by atoms with van der Waals surface area (Å²) in [5.41, 5.74) is 2.21. The topological polar surface area (TPSA) is 61.9 Å². The first kappa shape index (κ1) is 16.5. The first-order valence-corrected chi connectivity index (χ1v) is 9.24. The van der Waals surface area contributed by atoms with Gasteiger partial charge in [-0.05, 0) is 24.5 Å². The van der Waals surface area contributed by atoms with E-state index in [4.69, 9.17) is 4.74 Å². The molecule has 2 atom stereocenters. The van der Waals surface area contributed by atoms with E-state index in [1.807, 2.05) is 28.0 Å². The van der Waals surface area contributed by atoms with E-state index in [2.05, 4.69) is 11.4 Å². The van der Waals surface area contributed by atoms with Crippen LogP contribution in [0.5, 0.6) is 0 Å². The van der Waals surface area contributed by atoms with Crippen molar-refractivity contribution in [3.8, 4) is 0 Å². The van der Waals surface area contributed by atoms with Gasteiger partial charge in [0.2, 0.25) is 5.91 Å².